The molecule has 29 heavy (non-hydrogen) atoms. The molecule has 0 aliphatic rings. The Morgan fingerprint density at radius 3 is 2.52 bits per heavy atom. The van der Waals surface area contributed by atoms with Gasteiger partial charge in [0.1, 0.15) is 19.0 Å². The van der Waals surface area contributed by atoms with E-state index in [2.05, 4.69) is 49.9 Å². The van der Waals surface area contributed by atoms with Gasteiger partial charge in [0, 0.05) is 21.2 Å². The Morgan fingerprint density at radius 1 is 0.966 bits per heavy atom. The molecule has 152 valence electrons. The molecule has 3 aromatic rings. The molecule has 0 heterocycles. The van der Waals surface area contributed by atoms with Crippen molar-refractivity contribution >= 4 is 39.3 Å². The van der Waals surface area contributed by atoms with Crippen molar-refractivity contribution in [3.8, 4) is 5.75 Å². The van der Waals surface area contributed by atoms with Crippen LogP contribution in [-0.4, -0.2) is 38.1 Å². The number of benzene rings is 3. The quantitative estimate of drug-likeness (QED) is 0.143. The molecule has 0 unspecified atom stereocenters. The van der Waals surface area contributed by atoms with E-state index in [1.54, 1.807) is 6.92 Å². The van der Waals surface area contributed by atoms with Crippen molar-refractivity contribution in [2.75, 3.05) is 32.2 Å². The van der Waals surface area contributed by atoms with Crippen LogP contribution in [0, 0.1) is 0 Å². The first-order valence-electron chi connectivity index (χ1n) is 9.71. The average Bonchev–Trinajstić information content (AvgIpc) is 2.72. The molecule has 0 aliphatic heterocycles. The SMILES string of the molecule is C=C(C)C(=O)OCCOCCOc1c2ccccc2cc2ccc(SCC)cc12. The Morgan fingerprint density at radius 2 is 1.72 bits per heavy atom. The number of carbonyl (C=O) groups is 1. The van der Waals surface area contributed by atoms with E-state index in [0.29, 0.717) is 25.4 Å². The van der Waals surface area contributed by atoms with E-state index in [4.69, 9.17) is 14.2 Å². The summed E-state index contributed by atoms with van der Waals surface area (Å²) in [6.45, 7) is 8.69. The Bertz CT molecular complexity index is 1010. The number of fused-ring (bicyclic) bond motifs is 2. The first-order chi connectivity index (χ1) is 14.1. The molecule has 0 N–H and O–H groups in total. The van der Waals surface area contributed by atoms with Gasteiger partial charge in [-0.3, -0.25) is 0 Å². The molecule has 3 rings (SSSR count). The van der Waals surface area contributed by atoms with Crippen molar-refractivity contribution in [1.82, 2.24) is 0 Å². The highest BCUT2D eigenvalue weighted by Crippen LogP contribution is 2.37. The number of ether oxygens (including phenoxy) is 3. The van der Waals surface area contributed by atoms with E-state index < -0.39 is 5.97 Å². The fraction of sp³-hybridized carbons (Fsp3) is 0.292. The van der Waals surface area contributed by atoms with Crippen LogP contribution in [0.4, 0.5) is 0 Å². The third-order valence-corrected chi connectivity index (χ3v) is 5.26. The van der Waals surface area contributed by atoms with E-state index in [-0.39, 0.29) is 6.61 Å². The van der Waals surface area contributed by atoms with Crippen LogP contribution in [0.1, 0.15) is 13.8 Å². The Labute approximate surface area is 175 Å². The first-order valence-corrected chi connectivity index (χ1v) is 10.7. The summed E-state index contributed by atoms with van der Waals surface area (Å²) >= 11 is 1.82. The smallest absolute Gasteiger partial charge is 0.333 e. The molecule has 0 amide bonds. The number of hydrogen-bond donors (Lipinski definition) is 0. The largest absolute Gasteiger partial charge is 0.490 e. The molecule has 4 nitrogen and oxygen atoms in total. The number of hydrogen-bond acceptors (Lipinski definition) is 5. The predicted molar refractivity (Wildman–Crippen MR) is 120 cm³/mol. The Kier molecular flexibility index (Phi) is 7.55. The van der Waals surface area contributed by atoms with Crippen LogP contribution in [0.3, 0.4) is 0 Å². The van der Waals surface area contributed by atoms with Gasteiger partial charge in [-0.2, -0.15) is 0 Å². The molecule has 0 fully saturated rings. The summed E-state index contributed by atoms with van der Waals surface area (Å²) < 4.78 is 16.7. The van der Waals surface area contributed by atoms with Crippen molar-refractivity contribution < 1.29 is 19.0 Å². The van der Waals surface area contributed by atoms with Gasteiger partial charge in [0.15, 0.2) is 0 Å². The molecule has 0 saturated carbocycles. The second-order valence-corrected chi connectivity index (χ2v) is 7.96. The number of rotatable bonds is 10. The van der Waals surface area contributed by atoms with Crippen LogP contribution < -0.4 is 4.74 Å². The normalized spacial score (nSPS) is 11.0. The minimum absolute atomic E-state index is 0.209. The van der Waals surface area contributed by atoms with Crippen molar-refractivity contribution in [1.29, 1.82) is 0 Å². The van der Waals surface area contributed by atoms with Crippen molar-refractivity contribution in [2.45, 2.75) is 18.7 Å². The molecule has 0 saturated heterocycles. The first kappa shape index (κ1) is 21.2. The highest BCUT2D eigenvalue weighted by atomic mass is 32.2. The van der Waals surface area contributed by atoms with Gasteiger partial charge >= 0.3 is 5.97 Å². The van der Waals surface area contributed by atoms with Gasteiger partial charge in [0.2, 0.25) is 0 Å². The third kappa shape index (κ3) is 5.52. The number of thioether (sulfide) groups is 1. The van der Waals surface area contributed by atoms with Crippen molar-refractivity contribution in [3.63, 3.8) is 0 Å². The second kappa shape index (κ2) is 10.3. The minimum atomic E-state index is -0.396. The van der Waals surface area contributed by atoms with Gasteiger partial charge in [0.25, 0.3) is 0 Å². The fourth-order valence-corrected chi connectivity index (χ4v) is 3.73. The molecule has 5 heteroatoms. The lowest BCUT2D eigenvalue weighted by atomic mass is 10.0. The van der Waals surface area contributed by atoms with Gasteiger partial charge in [0.05, 0.1) is 13.2 Å². The van der Waals surface area contributed by atoms with E-state index in [1.807, 2.05) is 23.9 Å². The standard InChI is InChI=1S/C24H26O4S/c1-4-29-20-10-9-19-15-18-7-5-6-8-21(18)23(22(19)16-20)27-13-11-26-12-14-28-24(25)17(2)3/h5-10,15-16H,2,4,11-14H2,1,3H3. The Hall–Kier alpha value is -2.50. The van der Waals surface area contributed by atoms with Gasteiger partial charge in [-0.15, -0.1) is 11.8 Å². The van der Waals surface area contributed by atoms with Gasteiger partial charge < -0.3 is 14.2 Å². The average molecular weight is 411 g/mol. The van der Waals surface area contributed by atoms with Gasteiger partial charge in [-0.25, -0.2) is 4.79 Å². The zero-order valence-electron chi connectivity index (χ0n) is 16.9. The predicted octanol–water partition coefficient (Wildman–Crippen LogP) is 5.62. The van der Waals surface area contributed by atoms with E-state index in [9.17, 15) is 4.79 Å². The lowest BCUT2D eigenvalue weighted by molar-refractivity contribution is -0.140. The summed E-state index contributed by atoms with van der Waals surface area (Å²) in [4.78, 5) is 12.6. The van der Waals surface area contributed by atoms with Crippen LogP contribution >= 0.6 is 11.8 Å². The number of esters is 1. The van der Waals surface area contributed by atoms with Crippen LogP contribution in [0.2, 0.25) is 0 Å². The monoisotopic (exact) mass is 410 g/mol. The molecular formula is C24H26O4S. The van der Waals surface area contributed by atoms with E-state index in [1.165, 1.54) is 4.90 Å². The maximum absolute atomic E-state index is 11.3. The summed E-state index contributed by atoms with van der Waals surface area (Å²) in [6.07, 6.45) is 0. The Balaban J connectivity index is 1.68. The zero-order valence-corrected chi connectivity index (χ0v) is 17.7. The maximum Gasteiger partial charge on any atom is 0.333 e. The molecule has 0 aromatic heterocycles. The van der Waals surface area contributed by atoms with Crippen LogP contribution in [0.25, 0.3) is 21.5 Å². The van der Waals surface area contributed by atoms with Crippen molar-refractivity contribution in [3.05, 3.63) is 60.7 Å². The summed E-state index contributed by atoms with van der Waals surface area (Å²) in [6, 6.07) is 17.0. The van der Waals surface area contributed by atoms with Gasteiger partial charge in [-0.05, 0) is 41.6 Å². The second-order valence-electron chi connectivity index (χ2n) is 6.62. The highest BCUT2D eigenvalue weighted by molar-refractivity contribution is 7.99. The van der Waals surface area contributed by atoms with Crippen LogP contribution in [0.5, 0.6) is 5.75 Å². The molecule has 0 bridgehead atoms. The van der Waals surface area contributed by atoms with E-state index in [0.717, 1.165) is 33.0 Å². The van der Waals surface area contributed by atoms with Crippen LogP contribution in [-0.2, 0) is 14.3 Å². The summed E-state index contributed by atoms with van der Waals surface area (Å²) in [5.41, 5.74) is 0.386. The summed E-state index contributed by atoms with van der Waals surface area (Å²) in [7, 11) is 0. The van der Waals surface area contributed by atoms with E-state index >= 15 is 0 Å². The van der Waals surface area contributed by atoms with Crippen molar-refractivity contribution in [2.24, 2.45) is 0 Å². The maximum atomic E-state index is 11.3. The molecule has 3 aromatic carbocycles. The number of carbonyl (C=O) groups excluding carboxylic acids is 1. The summed E-state index contributed by atoms with van der Waals surface area (Å²) in [5.74, 6) is 1.51. The third-order valence-electron chi connectivity index (χ3n) is 4.38. The zero-order chi connectivity index (χ0) is 20.6. The molecular weight excluding hydrogens is 384 g/mol. The molecule has 0 radical (unpaired) electrons. The lowest BCUT2D eigenvalue weighted by Gasteiger charge is -2.14. The van der Waals surface area contributed by atoms with Gasteiger partial charge in [-0.1, -0.05) is 43.8 Å². The molecule has 0 atom stereocenters. The molecule has 0 aliphatic carbocycles. The minimum Gasteiger partial charge on any atom is -0.490 e. The molecule has 0 spiro atoms. The highest BCUT2D eigenvalue weighted by Gasteiger charge is 2.10. The topological polar surface area (TPSA) is 44.8 Å². The summed E-state index contributed by atoms with van der Waals surface area (Å²) in [5, 5.41) is 4.51. The van der Waals surface area contributed by atoms with Crippen LogP contribution in [0.15, 0.2) is 65.6 Å². The lowest BCUT2D eigenvalue weighted by Crippen LogP contribution is -2.14. The fourth-order valence-electron chi connectivity index (χ4n) is 3.03.